The number of ether oxygens (including phenoxy) is 1. The van der Waals surface area contributed by atoms with Crippen molar-refractivity contribution in [1.29, 1.82) is 0 Å². The van der Waals surface area contributed by atoms with Crippen LogP contribution in [0.15, 0.2) is 63.1 Å². The molecule has 1 heterocycles. The Kier molecular flexibility index (Phi) is 7.25. The van der Waals surface area contributed by atoms with Gasteiger partial charge in [-0.05, 0) is 31.2 Å². The van der Waals surface area contributed by atoms with Crippen molar-refractivity contribution in [3.8, 4) is 11.6 Å². The number of aromatic nitrogens is 2. The molecule has 0 spiro atoms. The van der Waals surface area contributed by atoms with Gasteiger partial charge in [-0.1, -0.05) is 41.4 Å². The fourth-order valence-electron chi connectivity index (χ4n) is 2.77. The standard InChI is InChI=1S/C22H22ClN3O4S/c1-14-8-10-15(11-9-14)24-19(18-20(27)25(2)22(29)26(3)21(18)28)31-13-12-30-17-7-5-4-6-16(17)23/h4-11,27H,12-13H2,1-3H3. The maximum atomic E-state index is 12.8. The summed E-state index contributed by atoms with van der Waals surface area (Å²) in [5, 5.41) is 11.4. The third-order valence-electron chi connectivity index (χ3n) is 4.53. The molecule has 162 valence electrons. The molecule has 1 N–H and O–H groups in total. The molecule has 0 fully saturated rings. The molecule has 7 nitrogen and oxygen atoms in total. The number of rotatable bonds is 6. The molecule has 3 rings (SSSR count). The van der Waals surface area contributed by atoms with E-state index in [9.17, 15) is 14.7 Å². The Morgan fingerprint density at radius 2 is 1.77 bits per heavy atom. The SMILES string of the molecule is Cc1ccc(N=C(SCCOc2ccccc2Cl)c2c(O)n(C)c(=O)n(C)c2=O)cc1. The molecule has 0 saturated carbocycles. The molecule has 0 unspecified atom stereocenters. The van der Waals surface area contributed by atoms with Gasteiger partial charge < -0.3 is 9.84 Å². The van der Waals surface area contributed by atoms with Crippen molar-refractivity contribution < 1.29 is 9.84 Å². The lowest BCUT2D eigenvalue weighted by atomic mass is 10.2. The molecular formula is C22H22ClN3O4S. The average Bonchev–Trinajstić information content (AvgIpc) is 2.76. The second-order valence-corrected chi connectivity index (χ2v) is 8.28. The first-order valence-corrected chi connectivity index (χ1v) is 10.8. The number of hydrogen-bond acceptors (Lipinski definition) is 6. The van der Waals surface area contributed by atoms with Crippen LogP contribution < -0.4 is 16.0 Å². The summed E-state index contributed by atoms with van der Waals surface area (Å²) < 4.78 is 7.67. The largest absolute Gasteiger partial charge is 0.494 e. The van der Waals surface area contributed by atoms with Gasteiger partial charge in [0, 0.05) is 19.8 Å². The van der Waals surface area contributed by atoms with E-state index >= 15 is 0 Å². The van der Waals surface area contributed by atoms with Gasteiger partial charge in [0.1, 0.15) is 16.4 Å². The zero-order chi connectivity index (χ0) is 22.5. The Hall–Kier alpha value is -2.97. The van der Waals surface area contributed by atoms with Gasteiger partial charge in [-0.25, -0.2) is 9.79 Å². The van der Waals surface area contributed by atoms with Crippen LogP contribution >= 0.6 is 23.4 Å². The van der Waals surface area contributed by atoms with Crippen LogP contribution in [0.1, 0.15) is 11.1 Å². The van der Waals surface area contributed by atoms with Crippen LogP contribution in [0.4, 0.5) is 5.69 Å². The Morgan fingerprint density at radius 1 is 1.10 bits per heavy atom. The first-order chi connectivity index (χ1) is 14.8. The summed E-state index contributed by atoms with van der Waals surface area (Å²) in [4.78, 5) is 29.5. The first kappa shape index (κ1) is 22.7. The highest BCUT2D eigenvalue weighted by atomic mass is 35.5. The van der Waals surface area contributed by atoms with Gasteiger partial charge in [0.2, 0.25) is 5.88 Å². The van der Waals surface area contributed by atoms with Gasteiger partial charge in [0.25, 0.3) is 5.56 Å². The van der Waals surface area contributed by atoms with E-state index in [1.54, 1.807) is 12.1 Å². The Balaban J connectivity index is 1.93. The van der Waals surface area contributed by atoms with Gasteiger partial charge in [0.15, 0.2) is 0 Å². The summed E-state index contributed by atoms with van der Waals surface area (Å²) >= 11 is 7.35. The maximum absolute atomic E-state index is 12.8. The van der Waals surface area contributed by atoms with Gasteiger partial charge in [-0.3, -0.25) is 13.9 Å². The number of thioether (sulfide) groups is 1. The minimum absolute atomic E-state index is 0.0343. The molecule has 9 heteroatoms. The van der Waals surface area contributed by atoms with Crippen molar-refractivity contribution in [2.45, 2.75) is 6.92 Å². The van der Waals surface area contributed by atoms with E-state index in [1.165, 1.54) is 25.9 Å². The number of para-hydroxylation sites is 1. The van der Waals surface area contributed by atoms with Crippen molar-refractivity contribution in [2.75, 3.05) is 12.4 Å². The molecule has 1 aromatic heterocycles. The summed E-state index contributed by atoms with van der Waals surface area (Å²) in [5.41, 5.74) is 0.421. The van der Waals surface area contributed by atoms with Crippen LogP contribution in [-0.4, -0.2) is 31.6 Å². The average molecular weight is 460 g/mol. The summed E-state index contributed by atoms with van der Waals surface area (Å²) in [5.74, 6) is 0.558. The van der Waals surface area contributed by atoms with E-state index in [4.69, 9.17) is 16.3 Å². The maximum Gasteiger partial charge on any atom is 0.333 e. The van der Waals surface area contributed by atoms with E-state index in [2.05, 4.69) is 4.99 Å². The molecule has 2 aromatic carbocycles. The van der Waals surface area contributed by atoms with Crippen molar-refractivity contribution >= 4 is 34.1 Å². The highest BCUT2D eigenvalue weighted by molar-refractivity contribution is 8.14. The van der Waals surface area contributed by atoms with Gasteiger partial charge in [-0.15, -0.1) is 11.8 Å². The van der Waals surface area contributed by atoms with E-state index in [1.807, 2.05) is 43.3 Å². The minimum atomic E-state index is -0.619. The second-order valence-electron chi connectivity index (χ2n) is 6.78. The number of halogens is 1. The van der Waals surface area contributed by atoms with Crippen LogP contribution in [0.3, 0.4) is 0 Å². The van der Waals surface area contributed by atoms with E-state index in [-0.39, 0.29) is 5.56 Å². The van der Waals surface area contributed by atoms with E-state index < -0.39 is 17.1 Å². The molecule has 0 amide bonds. The molecule has 3 aromatic rings. The highest BCUT2D eigenvalue weighted by Crippen LogP contribution is 2.25. The molecule has 0 aliphatic heterocycles. The number of aromatic hydroxyl groups is 1. The Morgan fingerprint density at radius 3 is 2.45 bits per heavy atom. The lowest BCUT2D eigenvalue weighted by molar-refractivity contribution is 0.344. The number of nitrogens with zero attached hydrogens (tertiary/aromatic N) is 3. The molecular weight excluding hydrogens is 438 g/mol. The fourth-order valence-corrected chi connectivity index (χ4v) is 3.81. The number of hydrogen-bond donors (Lipinski definition) is 1. The molecule has 31 heavy (non-hydrogen) atoms. The van der Waals surface area contributed by atoms with Crippen molar-refractivity contribution in [1.82, 2.24) is 9.13 Å². The zero-order valence-electron chi connectivity index (χ0n) is 17.3. The quantitative estimate of drug-likeness (QED) is 0.345. The fraction of sp³-hybridized carbons (Fsp3) is 0.227. The lowest BCUT2D eigenvalue weighted by Crippen LogP contribution is -2.39. The summed E-state index contributed by atoms with van der Waals surface area (Å²) in [7, 11) is 2.76. The number of aryl methyl sites for hydroxylation is 1. The molecule has 0 bridgehead atoms. The molecule has 0 aliphatic carbocycles. The lowest BCUT2D eigenvalue weighted by Gasteiger charge is -2.13. The molecule has 0 radical (unpaired) electrons. The predicted octanol–water partition coefficient (Wildman–Crippen LogP) is 3.64. The van der Waals surface area contributed by atoms with E-state index in [0.29, 0.717) is 33.9 Å². The van der Waals surface area contributed by atoms with E-state index in [0.717, 1.165) is 14.7 Å². The van der Waals surface area contributed by atoms with Crippen LogP contribution in [0.25, 0.3) is 0 Å². The topological polar surface area (TPSA) is 85.8 Å². The monoisotopic (exact) mass is 459 g/mol. The third-order valence-corrected chi connectivity index (χ3v) is 5.78. The number of benzene rings is 2. The third kappa shape index (κ3) is 5.21. The van der Waals surface area contributed by atoms with Crippen LogP contribution in [0.2, 0.25) is 5.02 Å². The van der Waals surface area contributed by atoms with Crippen LogP contribution in [-0.2, 0) is 14.1 Å². The van der Waals surface area contributed by atoms with Crippen molar-refractivity contribution in [3.05, 3.63) is 85.5 Å². The van der Waals surface area contributed by atoms with Gasteiger partial charge >= 0.3 is 5.69 Å². The highest BCUT2D eigenvalue weighted by Gasteiger charge is 2.21. The minimum Gasteiger partial charge on any atom is -0.494 e. The smallest absolute Gasteiger partial charge is 0.333 e. The summed E-state index contributed by atoms with van der Waals surface area (Å²) in [6.45, 7) is 2.26. The van der Waals surface area contributed by atoms with Crippen molar-refractivity contribution in [3.63, 3.8) is 0 Å². The Labute approximate surface area is 188 Å². The normalized spacial score (nSPS) is 11.5. The summed E-state index contributed by atoms with van der Waals surface area (Å²) in [6, 6.07) is 14.6. The van der Waals surface area contributed by atoms with Gasteiger partial charge in [-0.2, -0.15) is 0 Å². The van der Waals surface area contributed by atoms with Gasteiger partial charge in [0.05, 0.1) is 17.3 Å². The van der Waals surface area contributed by atoms with Crippen LogP contribution in [0.5, 0.6) is 11.6 Å². The molecule has 0 aliphatic rings. The number of aliphatic imine (C=N–C) groups is 1. The van der Waals surface area contributed by atoms with Crippen molar-refractivity contribution in [2.24, 2.45) is 19.1 Å². The predicted molar refractivity (Wildman–Crippen MR) is 125 cm³/mol. The second kappa shape index (κ2) is 9.89. The molecule has 0 atom stereocenters. The first-order valence-electron chi connectivity index (χ1n) is 9.44. The Bertz CT molecular complexity index is 1230. The molecule has 0 saturated heterocycles. The van der Waals surface area contributed by atoms with Crippen LogP contribution in [0, 0.1) is 6.92 Å². The zero-order valence-corrected chi connectivity index (χ0v) is 18.9. The summed E-state index contributed by atoms with van der Waals surface area (Å²) in [6.07, 6.45) is 0.